The number of methoxy groups -OCH3 is 1. The summed E-state index contributed by atoms with van der Waals surface area (Å²) in [5.74, 6) is 1.78. The van der Waals surface area contributed by atoms with E-state index in [2.05, 4.69) is 17.8 Å². The Morgan fingerprint density at radius 3 is 2.75 bits per heavy atom. The van der Waals surface area contributed by atoms with Crippen LogP contribution in [0.15, 0.2) is 18.2 Å². The Morgan fingerprint density at radius 1 is 1.18 bits per heavy atom. The maximum atomic E-state index is 12.3. The number of rotatable bonds is 11. The molecule has 0 spiro atoms. The number of hydrogen-bond donors (Lipinski definition) is 2. The van der Waals surface area contributed by atoms with Crippen molar-refractivity contribution in [1.82, 2.24) is 10.9 Å². The van der Waals surface area contributed by atoms with Crippen molar-refractivity contribution in [1.29, 1.82) is 0 Å². The van der Waals surface area contributed by atoms with E-state index in [4.69, 9.17) is 9.47 Å². The van der Waals surface area contributed by atoms with Crippen LogP contribution < -0.4 is 20.3 Å². The third kappa shape index (κ3) is 7.83. The van der Waals surface area contributed by atoms with E-state index in [0.717, 1.165) is 37.4 Å². The van der Waals surface area contributed by atoms with Gasteiger partial charge >= 0.3 is 0 Å². The molecular weight excluding hydrogens is 396 g/mol. The molecule has 0 unspecified atom stereocenters. The van der Waals surface area contributed by atoms with Crippen molar-refractivity contribution in [2.45, 2.75) is 57.1 Å². The lowest BCUT2D eigenvalue weighted by Gasteiger charge is -2.12. The Balaban J connectivity index is 1.71. The Bertz CT molecular complexity index is 637. The summed E-state index contributed by atoms with van der Waals surface area (Å²) in [5, 5.41) is 0.733. The second-order valence-corrected chi connectivity index (χ2v) is 9.43. The fraction of sp³-hybridized carbons (Fsp3) is 0.600. The average Bonchev–Trinajstić information content (AvgIpc) is 3.23. The van der Waals surface area contributed by atoms with Crippen molar-refractivity contribution in [2.75, 3.05) is 19.5 Å². The van der Waals surface area contributed by atoms with E-state index in [-0.39, 0.29) is 11.8 Å². The number of benzene rings is 1. The third-order valence-electron chi connectivity index (χ3n) is 4.40. The molecule has 0 saturated carbocycles. The number of ether oxygens (including phenoxy) is 2. The zero-order valence-corrected chi connectivity index (χ0v) is 18.3. The van der Waals surface area contributed by atoms with Crippen LogP contribution in [0.5, 0.6) is 11.5 Å². The molecule has 1 aliphatic rings. The highest BCUT2D eigenvalue weighted by molar-refractivity contribution is 8.77. The lowest BCUT2D eigenvalue weighted by molar-refractivity contribution is -0.122. The molecule has 156 valence electrons. The molecule has 1 fully saturated rings. The normalized spacial score (nSPS) is 15.9. The van der Waals surface area contributed by atoms with Gasteiger partial charge in [-0.25, -0.2) is 0 Å². The molecule has 0 radical (unpaired) electrons. The lowest BCUT2D eigenvalue weighted by atomic mass is 10.1. The predicted molar refractivity (Wildman–Crippen MR) is 116 cm³/mol. The lowest BCUT2D eigenvalue weighted by Crippen LogP contribution is -2.41. The van der Waals surface area contributed by atoms with Crippen molar-refractivity contribution in [2.24, 2.45) is 0 Å². The smallest absolute Gasteiger partial charge is 0.269 e. The summed E-state index contributed by atoms with van der Waals surface area (Å²) in [6, 6.07) is 4.98. The van der Waals surface area contributed by atoms with Gasteiger partial charge < -0.3 is 9.47 Å². The third-order valence-corrected chi connectivity index (χ3v) is 7.41. The maximum absolute atomic E-state index is 12.3. The maximum Gasteiger partial charge on any atom is 0.269 e. The minimum absolute atomic E-state index is 0.173. The van der Waals surface area contributed by atoms with Crippen LogP contribution in [0.3, 0.4) is 0 Å². The molecule has 1 saturated heterocycles. The molecule has 28 heavy (non-hydrogen) atoms. The monoisotopic (exact) mass is 426 g/mol. The van der Waals surface area contributed by atoms with Gasteiger partial charge in [0.2, 0.25) is 5.91 Å². The van der Waals surface area contributed by atoms with Crippen LogP contribution in [0.4, 0.5) is 0 Å². The van der Waals surface area contributed by atoms with Crippen molar-refractivity contribution in [3.05, 3.63) is 23.8 Å². The molecule has 0 bridgehead atoms. The number of hydrazine groups is 1. The Labute approximate surface area is 175 Å². The van der Waals surface area contributed by atoms with Crippen LogP contribution in [0.1, 0.15) is 62.2 Å². The van der Waals surface area contributed by atoms with Gasteiger partial charge in [-0.15, -0.1) is 0 Å². The van der Waals surface area contributed by atoms with Crippen LogP contribution in [-0.4, -0.2) is 36.5 Å². The second kappa shape index (κ2) is 12.8. The first-order valence-electron chi connectivity index (χ1n) is 9.82. The van der Waals surface area contributed by atoms with Crippen molar-refractivity contribution in [3.63, 3.8) is 0 Å². The van der Waals surface area contributed by atoms with Gasteiger partial charge in [0.15, 0.2) is 11.5 Å². The highest BCUT2D eigenvalue weighted by Gasteiger charge is 2.16. The molecular formula is C20H30N2O4S2. The molecule has 0 aromatic heterocycles. The molecule has 2 N–H and O–H groups in total. The number of unbranched alkanes of at least 4 members (excludes halogenated alkanes) is 2. The van der Waals surface area contributed by atoms with E-state index in [1.807, 2.05) is 21.6 Å². The van der Waals surface area contributed by atoms with Crippen LogP contribution in [0.2, 0.25) is 0 Å². The SMILES string of the molecule is CCCCOc1ccc(C(=O)NNC(=O)CCCC[C@H]2CCSS2)cc1OC. The Hall–Kier alpha value is -1.54. The summed E-state index contributed by atoms with van der Waals surface area (Å²) >= 11 is 0. The van der Waals surface area contributed by atoms with Gasteiger partial charge in [0.1, 0.15) is 0 Å². The molecule has 1 atom stereocenters. The predicted octanol–water partition coefficient (Wildman–Crippen LogP) is 4.35. The standard InChI is InChI=1S/C20H30N2O4S2/c1-3-4-12-26-17-10-9-15(14-18(17)25-2)20(24)22-21-19(23)8-6-5-7-16-11-13-27-28-16/h9-10,14,16H,3-8,11-13H2,1-2H3,(H,21,23)(H,22,24)/t16-/m0/s1. The number of carbonyl (C=O) groups is 2. The van der Waals surface area contributed by atoms with Crippen molar-refractivity contribution >= 4 is 33.4 Å². The van der Waals surface area contributed by atoms with Crippen LogP contribution in [-0.2, 0) is 4.79 Å². The quantitative estimate of drug-likeness (QED) is 0.311. The summed E-state index contributed by atoms with van der Waals surface area (Å²) in [7, 11) is 5.44. The van der Waals surface area contributed by atoms with E-state index in [9.17, 15) is 9.59 Å². The van der Waals surface area contributed by atoms with Gasteiger partial charge in [0.25, 0.3) is 5.91 Å². The molecule has 8 heteroatoms. The summed E-state index contributed by atoms with van der Waals surface area (Å²) in [4.78, 5) is 24.2. The van der Waals surface area contributed by atoms with Gasteiger partial charge in [-0.05, 0) is 43.9 Å². The second-order valence-electron chi connectivity index (χ2n) is 6.64. The summed E-state index contributed by atoms with van der Waals surface area (Å²) < 4.78 is 11.0. The molecule has 2 amide bonds. The highest BCUT2D eigenvalue weighted by atomic mass is 33.1. The van der Waals surface area contributed by atoms with E-state index in [0.29, 0.717) is 30.1 Å². The van der Waals surface area contributed by atoms with Gasteiger partial charge in [0, 0.05) is 23.0 Å². The fourth-order valence-corrected chi connectivity index (χ4v) is 5.77. The average molecular weight is 427 g/mol. The first-order chi connectivity index (χ1) is 13.6. The zero-order chi connectivity index (χ0) is 20.2. The van der Waals surface area contributed by atoms with E-state index >= 15 is 0 Å². The molecule has 0 aliphatic carbocycles. The molecule has 1 heterocycles. The van der Waals surface area contributed by atoms with Crippen LogP contribution in [0.25, 0.3) is 0 Å². The molecule has 1 aliphatic heterocycles. The van der Waals surface area contributed by atoms with Crippen molar-refractivity contribution < 1.29 is 19.1 Å². The topological polar surface area (TPSA) is 76.7 Å². The minimum Gasteiger partial charge on any atom is -0.493 e. The summed E-state index contributed by atoms with van der Waals surface area (Å²) in [6.45, 7) is 2.70. The molecule has 6 nitrogen and oxygen atoms in total. The zero-order valence-electron chi connectivity index (χ0n) is 16.6. The van der Waals surface area contributed by atoms with E-state index < -0.39 is 0 Å². The van der Waals surface area contributed by atoms with Gasteiger partial charge in [0.05, 0.1) is 13.7 Å². The molecule has 1 aromatic carbocycles. The van der Waals surface area contributed by atoms with Gasteiger partial charge in [-0.1, -0.05) is 41.4 Å². The van der Waals surface area contributed by atoms with Crippen LogP contribution >= 0.6 is 21.6 Å². The van der Waals surface area contributed by atoms with Gasteiger partial charge in [-0.3, -0.25) is 20.4 Å². The van der Waals surface area contributed by atoms with E-state index in [1.165, 1.54) is 19.3 Å². The number of nitrogens with one attached hydrogen (secondary N) is 2. The number of amides is 2. The summed E-state index contributed by atoms with van der Waals surface area (Å²) in [5.41, 5.74) is 5.34. The van der Waals surface area contributed by atoms with Crippen molar-refractivity contribution in [3.8, 4) is 11.5 Å². The van der Waals surface area contributed by atoms with Gasteiger partial charge in [-0.2, -0.15) is 0 Å². The minimum atomic E-state index is -0.383. The number of carbonyl (C=O) groups excluding carboxylic acids is 2. The number of hydrogen-bond acceptors (Lipinski definition) is 6. The molecule has 1 aromatic rings. The first kappa shape index (κ1) is 22.7. The summed E-state index contributed by atoms with van der Waals surface area (Å²) in [6.07, 6.45) is 6.71. The largest absolute Gasteiger partial charge is 0.493 e. The first-order valence-corrected chi connectivity index (χ1v) is 12.2. The Kier molecular flexibility index (Phi) is 10.4. The van der Waals surface area contributed by atoms with Crippen LogP contribution in [0, 0.1) is 0 Å². The van der Waals surface area contributed by atoms with E-state index in [1.54, 1.807) is 18.2 Å². The highest BCUT2D eigenvalue weighted by Crippen LogP contribution is 2.39. The molecule has 2 rings (SSSR count). The Morgan fingerprint density at radius 2 is 2.04 bits per heavy atom. The fourth-order valence-electron chi connectivity index (χ4n) is 2.74.